The Hall–Kier alpha value is -3.18. The summed E-state index contributed by atoms with van der Waals surface area (Å²) in [4.78, 5) is 45.1. The Balaban J connectivity index is 0.00000480. The van der Waals surface area contributed by atoms with Crippen molar-refractivity contribution in [3.05, 3.63) is 46.5 Å². The highest BCUT2D eigenvalue weighted by atomic mass is 35.5. The Morgan fingerprint density at radius 2 is 1.90 bits per heavy atom. The lowest BCUT2D eigenvalue weighted by atomic mass is 10.0. The van der Waals surface area contributed by atoms with Crippen LogP contribution in [0.5, 0.6) is 0 Å². The number of nitrogens with zero attached hydrogens (tertiary/aromatic N) is 2. The Bertz CT molecular complexity index is 931. The van der Waals surface area contributed by atoms with Gasteiger partial charge < -0.3 is 26.8 Å². The van der Waals surface area contributed by atoms with Gasteiger partial charge in [-0.05, 0) is 19.4 Å². The van der Waals surface area contributed by atoms with E-state index < -0.39 is 23.8 Å². The maximum Gasteiger partial charge on any atom is 0.308 e. The number of nitrogens with one attached hydrogen (secondary N) is 2. The van der Waals surface area contributed by atoms with Gasteiger partial charge in [0.25, 0.3) is 5.91 Å². The second kappa shape index (κ2) is 12.5. The fourth-order valence-corrected chi connectivity index (χ4v) is 3.36. The number of carbonyl (C=O) groups is 3. The Labute approximate surface area is 189 Å². The van der Waals surface area contributed by atoms with Crippen LogP contribution in [-0.4, -0.2) is 41.9 Å². The van der Waals surface area contributed by atoms with Crippen molar-refractivity contribution in [3.63, 3.8) is 0 Å². The predicted octanol–water partition coefficient (Wildman–Crippen LogP) is 1.32. The molecule has 1 unspecified atom stereocenters. The van der Waals surface area contributed by atoms with Gasteiger partial charge in [0.2, 0.25) is 11.0 Å². The first-order valence-electron chi connectivity index (χ1n) is 9.15. The molecule has 0 saturated heterocycles. The van der Waals surface area contributed by atoms with Crippen LogP contribution in [0.3, 0.4) is 0 Å². The molecule has 0 radical (unpaired) electrons. The maximum absolute atomic E-state index is 12.4. The second-order valence-corrected chi connectivity index (χ2v) is 7.34. The molecule has 0 spiro atoms. The van der Waals surface area contributed by atoms with Gasteiger partial charge in [-0.25, -0.2) is 4.98 Å². The summed E-state index contributed by atoms with van der Waals surface area (Å²) in [5.74, 6) is -1.58. The standard InChI is InChI=1S/C19H24N6O4S.ClH/c1-3-29-15(27)9-13(12-7-5-4-6-8-12)23-14(26)10-22-17(28)16-11(2)30-19(24-16)25-18(20)21;/h4-8,13H,3,9-10H2,1-2H3,(H,22,28)(H,23,26)(H4,20,21,24,25);1H. The van der Waals surface area contributed by atoms with Gasteiger partial charge in [-0.2, -0.15) is 4.99 Å². The number of aliphatic imine (C=N–C) groups is 1. The van der Waals surface area contributed by atoms with E-state index in [1.54, 1.807) is 38.1 Å². The highest BCUT2D eigenvalue weighted by Gasteiger charge is 2.21. The van der Waals surface area contributed by atoms with Crippen LogP contribution in [0.2, 0.25) is 0 Å². The number of halogens is 1. The van der Waals surface area contributed by atoms with Gasteiger partial charge in [0.1, 0.15) is 5.69 Å². The van der Waals surface area contributed by atoms with Gasteiger partial charge in [-0.1, -0.05) is 41.7 Å². The van der Waals surface area contributed by atoms with Crippen molar-refractivity contribution in [1.82, 2.24) is 15.6 Å². The SMILES string of the molecule is CCOC(=O)CC(NC(=O)CNC(=O)c1nc(N=C(N)N)sc1C)c1ccccc1.Cl. The molecule has 12 heteroatoms. The molecule has 31 heavy (non-hydrogen) atoms. The molecule has 2 rings (SSSR count). The molecule has 1 aromatic heterocycles. The Morgan fingerprint density at radius 1 is 1.23 bits per heavy atom. The molecule has 6 N–H and O–H groups in total. The fourth-order valence-electron chi connectivity index (χ4n) is 2.57. The number of hydrogen-bond acceptors (Lipinski definition) is 7. The normalized spacial score (nSPS) is 10.9. The molecular formula is C19H25ClN6O4S. The minimum Gasteiger partial charge on any atom is -0.466 e. The van der Waals surface area contributed by atoms with Crippen molar-refractivity contribution >= 4 is 52.6 Å². The number of aromatic nitrogens is 1. The van der Waals surface area contributed by atoms with Crippen LogP contribution in [0, 0.1) is 6.92 Å². The lowest BCUT2D eigenvalue weighted by Gasteiger charge is -2.18. The van der Waals surface area contributed by atoms with Crippen molar-refractivity contribution in [2.24, 2.45) is 16.5 Å². The first kappa shape index (κ1) is 25.9. The lowest BCUT2D eigenvalue weighted by molar-refractivity contribution is -0.143. The summed E-state index contributed by atoms with van der Waals surface area (Å²) < 4.78 is 4.98. The van der Waals surface area contributed by atoms with E-state index in [4.69, 9.17) is 16.2 Å². The van der Waals surface area contributed by atoms with Crippen molar-refractivity contribution in [2.45, 2.75) is 26.3 Å². The number of carbonyl (C=O) groups excluding carboxylic acids is 3. The predicted molar refractivity (Wildman–Crippen MR) is 120 cm³/mol. The molecule has 0 saturated carbocycles. The molecule has 168 valence electrons. The number of aryl methyl sites for hydroxylation is 1. The van der Waals surface area contributed by atoms with E-state index >= 15 is 0 Å². The fraction of sp³-hybridized carbons (Fsp3) is 0.316. The summed E-state index contributed by atoms with van der Waals surface area (Å²) in [6.07, 6.45) is -0.0232. The lowest BCUT2D eigenvalue weighted by Crippen LogP contribution is -2.39. The molecule has 0 aliphatic rings. The van der Waals surface area contributed by atoms with Crippen LogP contribution in [0.15, 0.2) is 35.3 Å². The van der Waals surface area contributed by atoms with E-state index in [-0.39, 0.29) is 48.8 Å². The zero-order valence-corrected chi connectivity index (χ0v) is 18.7. The van der Waals surface area contributed by atoms with Gasteiger partial charge >= 0.3 is 5.97 Å². The van der Waals surface area contributed by atoms with Gasteiger partial charge in [0.15, 0.2) is 5.96 Å². The zero-order chi connectivity index (χ0) is 22.1. The number of esters is 1. The average Bonchev–Trinajstić information content (AvgIpc) is 3.06. The molecule has 2 amide bonds. The van der Waals surface area contributed by atoms with E-state index in [1.165, 1.54) is 0 Å². The van der Waals surface area contributed by atoms with Crippen LogP contribution >= 0.6 is 23.7 Å². The first-order chi connectivity index (χ1) is 14.3. The quantitative estimate of drug-likeness (QED) is 0.245. The van der Waals surface area contributed by atoms with Crippen LogP contribution in [0.1, 0.15) is 40.3 Å². The molecular weight excluding hydrogens is 444 g/mol. The zero-order valence-electron chi connectivity index (χ0n) is 17.1. The minimum atomic E-state index is -0.580. The summed E-state index contributed by atoms with van der Waals surface area (Å²) in [5, 5.41) is 5.51. The first-order valence-corrected chi connectivity index (χ1v) is 9.97. The second-order valence-electron chi connectivity index (χ2n) is 6.16. The van der Waals surface area contributed by atoms with Gasteiger partial charge in [0, 0.05) is 4.88 Å². The van der Waals surface area contributed by atoms with Crippen LogP contribution in [0.4, 0.5) is 5.13 Å². The Kier molecular flexibility index (Phi) is 10.4. The van der Waals surface area contributed by atoms with Crippen molar-refractivity contribution in [3.8, 4) is 0 Å². The number of benzene rings is 1. The highest BCUT2D eigenvalue weighted by molar-refractivity contribution is 7.15. The smallest absolute Gasteiger partial charge is 0.308 e. The van der Waals surface area contributed by atoms with Crippen LogP contribution in [0.25, 0.3) is 0 Å². The molecule has 1 heterocycles. The van der Waals surface area contributed by atoms with Gasteiger partial charge in [-0.15, -0.1) is 12.4 Å². The van der Waals surface area contributed by atoms with Crippen molar-refractivity contribution in [2.75, 3.05) is 13.2 Å². The number of thiazole rings is 1. The largest absolute Gasteiger partial charge is 0.466 e. The van der Waals surface area contributed by atoms with Crippen LogP contribution in [-0.2, 0) is 14.3 Å². The molecule has 1 atom stereocenters. The molecule has 2 aromatic rings. The number of amides is 2. The third-order valence-corrected chi connectivity index (χ3v) is 4.71. The van der Waals surface area contributed by atoms with E-state index in [0.717, 1.165) is 16.9 Å². The number of guanidine groups is 1. The monoisotopic (exact) mass is 468 g/mol. The minimum absolute atomic E-state index is 0. The molecule has 10 nitrogen and oxygen atoms in total. The molecule has 0 fully saturated rings. The number of hydrogen-bond donors (Lipinski definition) is 4. The van der Waals surface area contributed by atoms with E-state index in [1.807, 2.05) is 6.07 Å². The third-order valence-electron chi connectivity index (χ3n) is 3.85. The summed E-state index contributed by atoms with van der Waals surface area (Å²) in [5.41, 5.74) is 11.5. The topological polar surface area (TPSA) is 162 Å². The van der Waals surface area contributed by atoms with Gasteiger partial charge in [0.05, 0.1) is 25.6 Å². The third kappa shape index (κ3) is 8.22. The van der Waals surface area contributed by atoms with Crippen molar-refractivity contribution < 1.29 is 19.1 Å². The Morgan fingerprint density at radius 3 is 2.52 bits per heavy atom. The number of ether oxygens (including phenoxy) is 1. The highest BCUT2D eigenvalue weighted by Crippen LogP contribution is 2.24. The summed E-state index contributed by atoms with van der Waals surface area (Å²) in [6, 6.07) is 8.46. The van der Waals surface area contributed by atoms with E-state index in [0.29, 0.717) is 4.88 Å². The van der Waals surface area contributed by atoms with E-state index in [9.17, 15) is 14.4 Å². The number of rotatable bonds is 9. The number of nitrogens with two attached hydrogens (primary N) is 2. The summed E-state index contributed by atoms with van der Waals surface area (Å²) in [6.45, 7) is 3.37. The van der Waals surface area contributed by atoms with Crippen LogP contribution < -0.4 is 22.1 Å². The van der Waals surface area contributed by atoms with E-state index in [2.05, 4.69) is 20.6 Å². The molecule has 0 aliphatic carbocycles. The molecule has 0 bridgehead atoms. The summed E-state index contributed by atoms with van der Waals surface area (Å²) in [7, 11) is 0. The summed E-state index contributed by atoms with van der Waals surface area (Å²) >= 11 is 1.15. The maximum atomic E-state index is 12.4. The molecule has 1 aromatic carbocycles. The average molecular weight is 469 g/mol. The van der Waals surface area contributed by atoms with Crippen molar-refractivity contribution in [1.29, 1.82) is 0 Å². The van der Waals surface area contributed by atoms with Gasteiger partial charge in [-0.3, -0.25) is 14.4 Å². The molecule has 0 aliphatic heterocycles.